The van der Waals surface area contributed by atoms with Gasteiger partial charge in [-0.1, -0.05) is 48.5 Å². The number of carbonyl (C=O) groups is 2. The highest BCUT2D eigenvalue weighted by Gasteiger charge is 2.03. The van der Waals surface area contributed by atoms with E-state index < -0.39 is 5.97 Å². The molecular weight excluding hydrogens is 292 g/mol. The molecule has 0 aromatic heterocycles. The summed E-state index contributed by atoms with van der Waals surface area (Å²) in [6, 6.07) is 16.2. The van der Waals surface area contributed by atoms with Crippen molar-refractivity contribution in [3.05, 3.63) is 71.8 Å². The molecule has 0 unspecified atom stereocenters. The summed E-state index contributed by atoms with van der Waals surface area (Å²) in [5.41, 5.74) is 1.52. The van der Waals surface area contributed by atoms with Gasteiger partial charge < -0.3 is 9.47 Å². The SMILES string of the molecule is CCOC(=O)COc1ccc(/C=C/C(=O)c2ccccc2)cc1. The molecular formula is C19H18O4. The Bertz CT molecular complexity index is 672. The lowest BCUT2D eigenvalue weighted by molar-refractivity contribution is -0.145. The van der Waals surface area contributed by atoms with Gasteiger partial charge in [-0.3, -0.25) is 4.79 Å². The van der Waals surface area contributed by atoms with Crippen molar-refractivity contribution in [1.29, 1.82) is 0 Å². The van der Waals surface area contributed by atoms with Crippen LogP contribution in [0.4, 0.5) is 0 Å². The molecule has 23 heavy (non-hydrogen) atoms. The van der Waals surface area contributed by atoms with Crippen LogP contribution in [0.3, 0.4) is 0 Å². The largest absolute Gasteiger partial charge is 0.482 e. The number of rotatable bonds is 7. The topological polar surface area (TPSA) is 52.6 Å². The molecule has 0 saturated heterocycles. The monoisotopic (exact) mass is 310 g/mol. The van der Waals surface area contributed by atoms with Crippen LogP contribution in [0.5, 0.6) is 5.75 Å². The van der Waals surface area contributed by atoms with Crippen molar-refractivity contribution in [2.75, 3.05) is 13.2 Å². The van der Waals surface area contributed by atoms with Crippen LogP contribution < -0.4 is 4.74 Å². The normalized spacial score (nSPS) is 10.5. The highest BCUT2D eigenvalue weighted by Crippen LogP contribution is 2.13. The van der Waals surface area contributed by atoms with Crippen LogP contribution in [0.2, 0.25) is 0 Å². The first kappa shape index (κ1) is 16.5. The molecule has 0 fully saturated rings. The fourth-order valence-corrected chi connectivity index (χ4v) is 1.89. The van der Waals surface area contributed by atoms with Crippen molar-refractivity contribution in [3.63, 3.8) is 0 Å². The summed E-state index contributed by atoms with van der Waals surface area (Å²) in [6.07, 6.45) is 3.27. The number of carbonyl (C=O) groups excluding carboxylic acids is 2. The molecule has 0 N–H and O–H groups in total. The summed E-state index contributed by atoms with van der Waals surface area (Å²) in [4.78, 5) is 23.2. The average Bonchev–Trinajstić information content (AvgIpc) is 2.60. The molecule has 118 valence electrons. The first-order chi connectivity index (χ1) is 11.2. The molecule has 0 atom stereocenters. The maximum absolute atomic E-state index is 12.0. The van der Waals surface area contributed by atoms with Crippen LogP contribution in [-0.4, -0.2) is 25.0 Å². The quantitative estimate of drug-likeness (QED) is 0.446. The first-order valence-corrected chi connectivity index (χ1v) is 7.35. The van der Waals surface area contributed by atoms with E-state index >= 15 is 0 Å². The summed E-state index contributed by atoms with van der Waals surface area (Å²) < 4.78 is 10.1. The molecule has 0 radical (unpaired) electrons. The van der Waals surface area contributed by atoms with Crippen LogP contribution in [0.25, 0.3) is 6.08 Å². The molecule has 0 heterocycles. The summed E-state index contributed by atoms with van der Waals surface area (Å²) in [6.45, 7) is 1.96. The Morgan fingerprint density at radius 1 is 1.00 bits per heavy atom. The van der Waals surface area contributed by atoms with Crippen molar-refractivity contribution in [2.24, 2.45) is 0 Å². The third-order valence-corrected chi connectivity index (χ3v) is 3.03. The Morgan fingerprint density at radius 3 is 2.35 bits per heavy atom. The molecule has 0 amide bonds. The zero-order valence-corrected chi connectivity index (χ0v) is 12.9. The molecule has 0 aliphatic rings. The fraction of sp³-hybridized carbons (Fsp3) is 0.158. The zero-order chi connectivity index (χ0) is 16.5. The Balaban J connectivity index is 1.91. The van der Waals surface area contributed by atoms with Crippen LogP contribution in [0.15, 0.2) is 60.7 Å². The van der Waals surface area contributed by atoms with E-state index in [4.69, 9.17) is 9.47 Å². The number of benzene rings is 2. The molecule has 0 saturated carbocycles. The molecule has 4 nitrogen and oxygen atoms in total. The number of allylic oxidation sites excluding steroid dienone is 1. The minimum atomic E-state index is -0.398. The third-order valence-electron chi connectivity index (χ3n) is 3.03. The van der Waals surface area contributed by atoms with Gasteiger partial charge in [0.25, 0.3) is 0 Å². The van der Waals surface area contributed by atoms with Gasteiger partial charge in [-0.15, -0.1) is 0 Å². The van der Waals surface area contributed by atoms with E-state index in [0.29, 0.717) is 17.9 Å². The van der Waals surface area contributed by atoms with Crippen molar-refractivity contribution >= 4 is 17.8 Å². The standard InChI is InChI=1S/C19H18O4/c1-2-22-19(21)14-23-17-11-8-15(9-12-17)10-13-18(20)16-6-4-3-5-7-16/h3-13H,2,14H2,1H3/b13-10+. The minimum Gasteiger partial charge on any atom is -0.482 e. The average molecular weight is 310 g/mol. The third kappa shape index (κ3) is 5.43. The Kier molecular flexibility index (Phi) is 6.12. The smallest absolute Gasteiger partial charge is 0.344 e. The molecule has 0 aliphatic carbocycles. The van der Waals surface area contributed by atoms with E-state index in [1.165, 1.54) is 6.08 Å². The van der Waals surface area contributed by atoms with Gasteiger partial charge in [0.1, 0.15) is 5.75 Å². The lowest BCUT2D eigenvalue weighted by Gasteiger charge is -2.05. The number of ketones is 1. The predicted molar refractivity (Wildman–Crippen MR) is 88.4 cm³/mol. The van der Waals surface area contributed by atoms with Crippen molar-refractivity contribution < 1.29 is 19.1 Å². The van der Waals surface area contributed by atoms with Crippen LogP contribution in [-0.2, 0) is 9.53 Å². The summed E-state index contributed by atoms with van der Waals surface area (Å²) >= 11 is 0. The number of hydrogen-bond acceptors (Lipinski definition) is 4. The first-order valence-electron chi connectivity index (χ1n) is 7.35. The second kappa shape index (κ2) is 8.54. The molecule has 4 heteroatoms. The van der Waals surface area contributed by atoms with E-state index in [0.717, 1.165) is 5.56 Å². The Hall–Kier alpha value is -2.88. The highest BCUT2D eigenvalue weighted by molar-refractivity contribution is 6.06. The maximum atomic E-state index is 12.0. The van der Waals surface area contributed by atoms with Gasteiger partial charge in [-0.2, -0.15) is 0 Å². The van der Waals surface area contributed by atoms with E-state index in [2.05, 4.69) is 0 Å². The maximum Gasteiger partial charge on any atom is 0.344 e. The Labute approximate surface area is 135 Å². The van der Waals surface area contributed by atoms with Gasteiger partial charge in [0.15, 0.2) is 12.4 Å². The van der Waals surface area contributed by atoms with E-state index in [1.807, 2.05) is 30.3 Å². The van der Waals surface area contributed by atoms with Gasteiger partial charge in [-0.05, 0) is 30.7 Å². The van der Waals surface area contributed by atoms with Crippen molar-refractivity contribution in [1.82, 2.24) is 0 Å². The minimum absolute atomic E-state index is 0.0479. The van der Waals surface area contributed by atoms with E-state index in [1.54, 1.807) is 37.3 Å². The van der Waals surface area contributed by atoms with Crippen LogP contribution in [0.1, 0.15) is 22.8 Å². The zero-order valence-electron chi connectivity index (χ0n) is 12.9. The summed E-state index contributed by atoms with van der Waals surface area (Å²) in [5.74, 6) is 0.128. The van der Waals surface area contributed by atoms with Crippen molar-refractivity contribution in [2.45, 2.75) is 6.92 Å². The van der Waals surface area contributed by atoms with Gasteiger partial charge in [0.05, 0.1) is 6.61 Å². The molecule has 0 bridgehead atoms. The van der Waals surface area contributed by atoms with Crippen molar-refractivity contribution in [3.8, 4) is 5.75 Å². The number of esters is 1. The second-order valence-electron chi connectivity index (χ2n) is 4.73. The number of hydrogen-bond donors (Lipinski definition) is 0. The van der Waals surface area contributed by atoms with Gasteiger partial charge in [-0.25, -0.2) is 4.79 Å². The molecule has 0 spiro atoms. The lowest BCUT2D eigenvalue weighted by atomic mass is 10.1. The molecule has 2 rings (SSSR count). The Morgan fingerprint density at radius 2 is 1.70 bits per heavy atom. The van der Waals surface area contributed by atoms with Crippen LogP contribution >= 0.6 is 0 Å². The predicted octanol–water partition coefficient (Wildman–Crippen LogP) is 3.52. The van der Waals surface area contributed by atoms with Gasteiger partial charge in [0, 0.05) is 5.56 Å². The van der Waals surface area contributed by atoms with Gasteiger partial charge in [0.2, 0.25) is 0 Å². The van der Waals surface area contributed by atoms with Crippen LogP contribution in [0, 0.1) is 0 Å². The second-order valence-corrected chi connectivity index (χ2v) is 4.73. The lowest BCUT2D eigenvalue weighted by Crippen LogP contribution is -2.14. The van der Waals surface area contributed by atoms with Gasteiger partial charge >= 0.3 is 5.97 Å². The molecule has 2 aromatic rings. The molecule has 2 aromatic carbocycles. The van der Waals surface area contributed by atoms with E-state index in [-0.39, 0.29) is 12.4 Å². The highest BCUT2D eigenvalue weighted by atomic mass is 16.6. The summed E-state index contributed by atoms with van der Waals surface area (Å²) in [5, 5.41) is 0. The number of ether oxygens (including phenoxy) is 2. The molecule has 0 aliphatic heterocycles. The summed E-state index contributed by atoms with van der Waals surface area (Å²) in [7, 11) is 0. The fourth-order valence-electron chi connectivity index (χ4n) is 1.89. The van der Waals surface area contributed by atoms with E-state index in [9.17, 15) is 9.59 Å².